The van der Waals surface area contributed by atoms with Crippen LogP contribution in [0.25, 0.3) is 11.1 Å². The minimum atomic E-state index is -4.88. The van der Waals surface area contributed by atoms with E-state index in [1.807, 2.05) is 4.90 Å². The number of pyridine rings is 1. The molecule has 3 aromatic rings. The SMILES string of the molecule is C#Cc1cc(-c2c(C)cc(F)cc2C)c(F)c([C@@H](CC(=O)O)NC(=O)[C@H](CC(C)C)n2cc(CCN3CC4CC(C3)O4)c(C(F)(F)F)cc2=O)c1F. The number of alkyl halides is 3. The maximum Gasteiger partial charge on any atom is 0.416 e. The summed E-state index contributed by atoms with van der Waals surface area (Å²) in [7, 11) is 0. The van der Waals surface area contributed by atoms with Crippen LogP contribution in [0.15, 0.2) is 35.3 Å². The lowest BCUT2D eigenvalue weighted by atomic mass is 9.89. The van der Waals surface area contributed by atoms with Crippen molar-refractivity contribution in [2.75, 3.05) is 19.6 Å². The second-order valence-corrected chi connectivity index (χ2v) is 14.0. The molecule has 0 spiro atoms. The fraction of sp³-hybridized carbons (Fsp3) is 0.447. The van der Waals surface area contributed by atoms with E-state index in [2.05, 4.69) is 11.2 Å². The number of aromatic nitrogens is 1. The van der Waals surface area contributed by atoms with Gasteiger partial charge in [-0.25, -0.2) is 13.2 Å². The number of rotatable bonds is 12. The first kappa shape index (κ1) is 38.6. The Labute approximate surface area is 296 Å². The van der Waals surface area contributed by atoms with Crippen LogP contribution in [0.5, 0.6) is 0 Å². The Kier molecular flexibility index (Phi) is 11.3. The monoisotopic (exact) mass is 731 g/mol. The summed E-state index contributed by atoms with van der Waals surface area (Å²) in [5.74, 6) is -4.00. The molecule has 14 heteroatoms. The fourth-order valence-corrected chi connectivity index (χ4v) is 7.25. The van der Waals surface area contributed by atoms with Gasteiger partial charge in [0.15, 0.2) is 0 Å². The molecule has 3 aliphatic rings. The first-order valence-corrected chi connectivity index (χ1v) is 16.9. The normalized spacial score (nSPS) is 18.4. The second kappa shape index (κ2) is 15.2. The van der Waals surface area contributed by atoms with Gasteiger partial charge in [-0.2, -0.15) is 13.2 Å². The van der Waals surface area contributed by atoms with E-state index in [1.165, 1.54) is 13.8 Å². The third kappa shape index (κ3) is 8.21. The van der Waals surface area contributed by atoms with E-state index in [4.69, 9.17) is 11.2 Å². The van der Waals surface area contributed by atoms with E-state index in [0.717, 1.165) is 35.4 Å². The third-order valence-corrected chi connectivity index (χ3v) is 9.53. The molecule has 1 amide bonds. The Morgan fingerprint density at radius 3 is 2.21 bits per heavy atom. The molecule has 3 aliphatic heterocycles. The average molecular weight is 732 g/mol. The zero-order valence-corrected chi connectivity index (χ0v) is 29.0. The Hall–Kier alpha value is -4.61. The zero-order chi connectivity index (χ0) is 38.2. The summed E-state index contributed by atoms with van der Waals surface area (Å²) in [4.78, 5) is 41.4. The third-order valence-electron chi connectivity index (χ3n) is 9.53. The molecule has 2 bridgehead atoms. The smallest absolute Gasteiger partial charge is 0.416 e. The molecule has 4 heterocycles. The fourth-order valence-electron chi connectivity index (χ4n) is 7.25. The summed E-state index contributed by atoms with van der Waals surface area (Å²) >= 11 is 0. The van der Waals surface area contributed by atoms with E-state index >= 15 is 8.78 Å². The number of carboxylic acid groups (broad SMARTS) is 1. The first-order valence-electron chi connectivity index (χ1n) is 16.9. The number of hydrogen-bond acceptors (Lipinski definition) is 5. The van der Waals surface area contributed by atoms with E-state index in [-0.39, 0.29) is 65.3 Å². The summed E-state index contributed by atoms with van der Waals surface area (Å²) in [6, 6.07) is 0.344. The highest BCUT2D eigenvalue weighted by Crippen LogP contribution is 2.38. The molecule has 4 atom stereocenters. The lowest BCUT2D eigenvalue weighted by Crippen LogP contribution is -2.57. The summed E-state index contributed by atoms with van der Waals surface area (Å²) < 4.78 is 95.6. The molecule has 0 saturated carbocycles. The van der Waals surface area contributed by atoms with Gasteiger partial charge in [-0.1, -0.05) is 19.8 Å². The van der Waals surface area contributed by atoms with Gasteiger partial charge in [-0.05, 0) is 73.1 Å². The van der Waals surface area contributed by atoms with Crippen molar-refractivity contribution < 1.29 is 45.8 Å². The molecule has 2 aromatic carbocycles. The van der Waals surface area contributed by atoms with Crippen LogP contribution < -0.4 is 10.9 Å². The van der Waals surface area contributed by atoms with Crippen molar-refractivity contribution in [3.05, 3.63) is 91.6 Å². The average Bonchev–Trinajstić information content (AvgIpc) is 3.02. The minimum absolute atomic E-state index is 0.0171. The Morgan fingerprint density at radius 1 is 1.06 bits per heavy atom. The zero-order valence-electron chi connectivity index (χ0n) is 29.0. The highest BCUT2D eigenvalue weighted by Gasteiger charge is 2.40. The number of hydrogen-bond donors (Lipinski definition) is 2. The molecule has 1 aromatic heterocycles. The number of amides is 1. The first-order chi connectivity index (χ1) is 24.4. The van der Waals surface area contributed by atoms with Gasteiger partial charge in [0.2, 0.25) is 5.91 Å². The summed E-state index contributed by atoms with van der Waals surface area (Å²) in [5.41, 5.74) is -3.40. The maximum atomic E-state index is 16.5. The molecule has 2 N–H and O–H groups in total. The molecule has 52 heavy (non-hydrogen) atoms. The Bertz CT molecular complexity index is 1950. The maximum absolute atomic E-state index is 16.5. The van der Waals surface area contributed by atoms with Gasteiger partial charge in [0.25, 0.3) is 5.56 Å². The summed E-state index contributed by atoms with van der Waals surface area (Å²) in [6.07, 6.45) is 1.35. The van der Waals surface area contributed by atoms with Gasteiger partial charge in [0.05, 0.1) is 35.8 Å². The van der Waals surface area contributed by atoms with E-state index in [9.17, 15) is 37.1 Å². The summed E-state index contributed by atoms with van der Waals surface area (Å²) in [5, 5.41) is 12.2. The van der Waals surface area contributed by atoms with Crippen LogP contribution in [-0.4, -0.2) is 58.3 Å². The number of terminal acetylenes is 1. The lowest BCUT2D eigenvalue weighted by molar-refractivity contribution is -0.180. The van der Waals surface area contributed by atoms with Crippen molar-refractivity contribution in [1.82, 2.24) is 14.8 Å². The number of aliphatic carboxylic acids is 1. The van der Waals surface area contributed by atoms with Crippen LogP contribution in [0.1, 0.15) is 78.6 Å². The Morgan fingerprint density at radius 2 is 1.67 bits per heavy atom. The molecule has 6 rings (SSSR count). The number of aryl methyl sites for hydroxylation is 2. The van der Waals surface area contributed by atoms with Crippen LogP contribution in [0.3, 0.4) is 0 Å². The van der Waals surface area contributed by atoms with Crippen LogP contribution in [0.4, 0.5) is 26.3 Å². The van der Waals surface area contributed by atoms with Crippen LogP contribution in [0, 0.1) is 49.6 Å². The largest absolute Gasteiger partial charge is 0.481 e. The molecule has 2 unspecified atom stereocenters. The van der Waals surface area contributed by atoms with Crippen LogP contribution >= 0.6 is 0 Å². The number of morpholine rings is 1. The molecule has 278 valence electrons. The number of nitrogens with one attached hydrogen (secondary N) is 1. The van der Waals surface area contributed by atoms with Crippen molar-refractivity contribution in [2.45, 2.75) is 83.8 Å². The molecule has 0 aliphatic carbocycles. The van der Waals surface area contributed by atoms with Crippen molar-refractivity contribution >= 4 is 11.9 Å². The van der Waals surface area contributed by atoms with Crippen molar-refractivity contribution in [2.24, 2.45) is 5.92 Å². The number of piperidine rings is 1. The van der Waals surface area contributed by atoms with Gasteiger partial charge < -0.3 is 19.7 Å². The number of carbonyl (C=O) groups excluding carboxylic acids is 1. The number of carbonyl (C=O) groups is 2. The van der Waals surface area contributed by atoms with Crippen molar-refractivity contribution in [3.63, 3.8) is 0 Å². The second-order valence-electron chi connectivity index (χ2n) is 14.0. The standard InChI is InChI=1S/C38H39F6N3O5/c1-6-22-12-27(33-20(4)10-24(39)11-21(33)5)36(41)34(35(22)40)29(15-32(49)50)45-37(51)30(9-19(2)3)47-16-23(28(14-31(47)48)38(42,43)44)7-8-46-17-25-13-26(18-46)52-25/h1,10-12,14,16,19,25-26,29-30H,7-9,13,15,17-18H2,2-5H3,(H,45,51)(H,49,50)/t25?,26?,29-,30+/m1/s1. The van der Waals surface area contributed by atoms with Crippen molar-refractivity contribution in [1.29, 1.82) is 0 Å². The number of benzene rings is 2. The number of halogens is 6. The molecular weight excluding hydrogens is 692 g/mol. The molecule has 3 fully saturated rings. The van der Waals surface area contributed by atoms with Crippen LogP contribution in [0.2, 0.25) is 0 Å². The highest BCUT2D eigenvalue weighted by atomic mass is 19.4. The predicted molar refractivity (Wildman–Crippen MR) is 180 cm³/mol. The van der Waals surface area contributed by atoms with Crippen LogP contribution in [-0.2, 0) is 26.9 Å². The van der Waals surface area contributed by atoms with Gasteiger partial charge in [-0.15, -0.1) is 6.42 Å². The van der Waals surface area contributed by atoms with Gasteiger partial charge >= 0.3 is 12.1 Å². The topological polar surface area (TPSA) is 101 Å². The number of fused-ring (bicyclic) bond motifs is 2. The molecule has 8 nitrogen and oxygen atoms in total. The van der Waals surface area contributed by atoms with Gasteiger partial charge in [0, 0.05) is 49.4 Å². The van der Waals surface area contributed by atoms with E-state index in [1.54, 1.807) is 13.8 Å². The molecule has 0 radical (unpaired) electrons. The highest BCUT2D eigenvalue weighted by molar-refractivity contribution is 5.82. The van der Waals surface area contributed by atoms with Gasteiger partial charge in [0.1, 0.15) is 23.5 Å². The number of ether oxygens (including phenoxy) is 1. The quantitative estimate of drug-likeness (QED) is 0.163. The lowest BCUT2D eigenvalue weighted by Gasteiger charge is -2.47. The number of carboxylic acids is 1. The predicted octanol–water partition coefficient (Wildman–Crippen LogP) is 6.48. The molecular formula is C38H39F6N3O5. The van der Waals surface area contributed by atoms with E-state index < -0.39 is 76.3 Å². The summed E-state index contributed by atoms with van der Waals surface area (Å²) in [6.45, 7) is 7.73. The minimum Gasteiger partial charge on any atom is -0.481 e. The van der Waals surface area contributed by atoms with E-state index in [0.29, 0.717) is 19.2 Å². The molecule has 3 saturated heterocycles. The van der Waals surface area contributed by atoms with Gasteiger partial charge in [-0.3, -0.25) is 19.3 Å². The number of nitrogens with zero attached hydrogens (tertiary/aromatic N) is 2. The van der Waals surface area contributed by atoms with Crippen molar-refractivity contribution in [3.8, 4) is 23.5 Å². The Balaban J connectivity index is 1.56.